The first kappa shape index (κ1) is 11.3. The van der Waals surface area contributed by atoms with Gasteiger partial charge in [-0.25, -0.2) is 0 Å². The van der Waals surface area contributed by atoms with Gasteiger partial charge in [0.15, 0.2) is 0 Å². The molecule has 2 aliphatic carbocycles. The van der Waals surface area contributed by atoms with Gasteiger partial charge in [0.05, 0.1) is 11.4 Å². The summed E-state index contributed by atoms with van der Waals surface area (Å²) in [5.41, 5.74) is 3.16. The quantitative estimate of drug-likeness (QED) is 0.818. The molecule has 2 aliphatic rings. The average Bonchev–Trinajstić information content (AvgIpc) is 3.17. The van der Waals surface area contributed by atoms with Gasteiger partial charge in [-0.3, -0.25) is 4.68 Å². The first-order valence-electron chi connectivity index (χ1n) is 6.97. The molecule has 0 saturated heterocycles. The summed E-state index contributed by atoms with van der Waals surface area (Å²) in [6, 6.07) is 2.20. The van der Waals surface area contributed by atoms with Crippen molar-refractivity contribution in [2.24, 2.45) is 11.3 Å². The topological polar surface area (TPSA) is 29.9 Å². The Hall–Kier alpha value is -0.830. The van der Waals surface area contributed by atoms with Crippen LogP contribution in [0.4, 0.5) is 0 Å². The number of nitrogens with one attached hydrogen (secondary N) is 1. The lowest BCUT2D eigenvalue weighted by molar-refractivity contribution is 0.399. The molecule has 3 rings (SSSR count). The van der Waals surface area contributed by atoms with Crippen LogP contribution in [0.5, 0.6) is 0 Å². The van der Waals surface area contributed by atoms with Crippen LogP contribution in [0.1, 0.15) is 44.0 Å². The maximum absolute atomic E-state index is 4.48. The van der Waals surface area contributed by atoms with Crippen LogP contribution in [0.25, 0.3) is 0 Å². The normalized spacial score (nSPS) is 21.8. The van der Waals surface area contributed by atoms with Gasteiger partial charge in [-0.2, -0.15) is 5.10 Å². The van der Waals surface area contributed by atoms with Gasteiger partial charge in [0, 0.05) is 19.6 Å². The van der Waals surface area contributed by atoms with Crippen molar-refractivity contribution in [2.45, 2.75) is 52.6 Å². The number of aromatic nitrogens is 2. The van der Waals surface area contributed by atoms with E-state index in [1.807, 2.05) is 0 Å². The van der Waals surface area contributed by atoms with Gasteiger partial charge in [0.25, 0.3) is 0 Å². The molecule has 0 spiro atoms. The zero-order valence-corrected chi connectivity index (χ0v) is 11.0. The third-order valence-electron chi connectivity index (χ3n) is 4.40. The summed E-state index contributed by atoms with van der Waals surface area (Å²) in [6.07, 6.45) is 5.87. The molecular weight excluding hydrogens is 210 g/mol. The molecule has 1 heterocycles. The van der Waals surface area contributed by atoms with Crippen molar-refractivity contribution < 1.29 is 0 Å². The van der Waals surface area contributed by atoms with Crippen LogP contribution < -0.4 is 5.32 Å². The molecule has 1 aromatic heterocycles. The van der Waals surface area contributed by atoms with Crippen molar-refractivity contribution in [3.63, 3.8) is 0 Å². The molecule has 17 heavy (non-hydrogen) atoms. The van der Waals surface area contributed by atoms with Gasteiger partial charge in [-0.1, -0.05) is 0 Å². The summed E-state index contributed by atoms with van der Waals surface area (Å²) in [6.45, 7) is 7.39. The second-order valence-electron chi connectivity index (χ2n) is 5.83. The van der Waals surface area contributed by atoms with Crippen molar-refractivity contribution in [3.8, 4) is 0 Å². The predicted octanol–water partition coefficient (Wildman–Crippen LogP) is 2.49. The van der Waals surface area contributed by atoms with Crippen LogP contribution >= 0.6 is 0 Å². The summed E-state index contributed by atoms with van der Waals surface area (Å²) >= 11 is 0. The van der Waals surface area contributed by atoms with Gasteiger partial charge in [0.2, 0.25) is 0 Å². The number of hydrogen-bond acceptors (Lipinski definition) is 2. The third-order valence-corrected chi connectivity index (χ3v) is 4.40. The van der Waals surface area contributed by atoms with E-state index in [9.17, 15) is 0 Å². The number of hydrogen-bond donors (Lipinski definition) is 1. The minimum Gasteiger partial charge on any atom is -0.311 e. The largest absolute Gasteiger partial charge is 0.311 e. The Kier molecular flexibility index (Phi) is 2.74. The number of aryl methyl sites for hydroxylation is 2. The summed E-state index contributed by atoms with van der Waals surface area (Å²) < 4.78 is 2.11. The highest BCUT2D eigenvalue weighted by molar-refractivity contribution is 5.10. The molecule has 0 radical (unpaired) electrons. The fourth-order valence-corrected chi connectivity index (χ4v) is 3.04. The minimum absolute atomic E-state index is 0.701. The van der Waals surface area contributed by atoms with Crippen LogP contribution in [0, 0.1) is 18.3 Å². The van der Waals surface area contributed by atoms with Gasteiger partial charge < -0.3 is 5.32 Å². The van der Waals surface area contributed by atoms with E-state index in [-0.39, 0.29) is 0 Å². The van der Waals surface area contributed by atoms with E-state index < -0.39 is 0 Å². The second kappa shape index (κ2) is 4.13. The van der Waals surface area contributed by atoms with E-state index in [2.05, 4.69) is 35.0 Å². The fraction of sp³-hybridized carbons (Fsp3) is 0.786. The molecule has 0 bridgehead atoms. The zero-order chi connectivity index (χ0) is 11.9. The Labute approximate surface area is 104 Å². The maximum atomic E-state index is 4.48. The first-order chi connectivity index (χ1) is 8.23. The zero-order valence-electron chi connectivity index (χ0n) is 11.0. The van der Waals surface area contributed by atoms with E-state index in [0.29, 0.717) is 5.41 Å². The number of rotatable bonds is 6. The highest BCUT2D eigenvalue weighted by Crippen LogP contribution is 2.60. The summed E-state index contributed by atoms with van der Waals surface area (Å²) in [5, 5.41) is 8.14. The molecule has 1 aromatic rings. The highest BCUT2D eigenvalue weighted by Gasteiger charge is 2.53. The molecule has 3 nitrogen and oxygen atoms in total. The summed E-state index contributed by atoms with van der Waals surface area (Å²) in [7, 11) is 0. The van der Waals surface area contributed by atoms with Gasteiger partial charge in [-0.15, -0.1) is 0 Å². The Morgan fingerprint density at radius 2 is 2.24 bits per heavy atom. The van der Waals surface area contributed by atoms with E-state index in [1.165, 1.54) is 37.9 Å². The standard InChI is InChI=1S/C14H23N3/c1-3-17-13(8-11(2)16-17)9-15-10-14(6-7-14)12-4-5-12/h8,12,15H,3-7,9-10H2,1-2H3. The van der Waals surface area contributed by atoms with Crippen molar-refractivity contribution >= 4 is 0 Å². The molecule has 94 valence electrons. The van der Waals surface area contributed by atoms with Crippen molar-refractivity contribution in [1.29, 1.82) is 0 Å². The molecule has 1 N–H and O–H groups in total. The van der Waals surface area contributed by atoms with Gasteiger partial charge in [0.1, 0.15) is 0 Å². The number of nitrogens with zero attached hydrogens (tertiary/aromatic N) is 2. The van der Waals surface area contributed by atoms with E-state index in [4.69, 9.17) is 0 Å². The van der Waals surface area contributed by atoms with E-state index in [0.717, 1.165) is 24.7 Å². The molecule has 0 atom stereocenters. The molecule has 0 aromatic carbocycles. The molecular formula is C14H23N3. The maximum Gasteiger partial charge on any atom is 0.0597 e. The molecule has 2 saturated carbocycles. The Morgan fingerprint density at radius 1 is 1.47 bits per heavy atom. The fourth-order valence-electron chi connectivity index (χ4n) is 3.04. The average molecular weight is 233 g/mol. The van der Waals surface area contributed by atoms with Gasteiger partial charge in [-0.05, 0) is 56.9 Å². The smallest absolute Gasteiger partial charge is 0.0597 e. The molecule has 0 aliphatic heterocycles. The highest BCUT2D eigenvalue weighted by atomic mass is 15.3. The molecule has 0 amide bonds. The Bertz CT molecular complexity index is 400. The predicted molar refractivity (Wildman–Crippen MR) is 68.7 cm³/mol. The second-order valence-corrected chi connectivity index (χ2v) is 5.83. The van der Waals surface area contributed by atoms with Gasteiger partial charge >= 0.3 is 0 Å². The summed E-state index contributed by atoms with van der Waals surface area (Å²) in [5.74, 6) is 1.05. The van der Waals surface area contributed by atoms with Crippen LogP contribution in [0.15, 0.2) is 6.07 Å². The van der Waals surface area contributed by atoms with E-state index in [1.54, 1.807) is 0 Å². The van der Waals surface area contributed by atoms with Crippen LogP contribution in [-0.4, -0.2) is 16.3 Å². The van der Waals surface area contributed by atoms with Crippen LogP contribution in [0.3, 0.4) is 0 Å². The van der Waals surface area contributed by atoms with Crippen LogP contribution in [-0.2, 0) is 13.1 Å². The Morgan fingerprint density at radius 3 is 2.82 bits per heavy atom. The van der Waals surface area contributed by atoms with Crippen molar-refractivity contribution in [2.75, 3.05) is 6.54 Å². The first-order valence-corrected chi connectivity index (χ1v) is 6.97. The molecule has 3 heteroatoms. The van der Waals surface area contributed by atoms with E-state index >= 15 is 0 Å². The third kappa shape index (κ3) is 2.25. The minimum atomic E-state index is 0.701. The molecule has 0 unspecified atom stereocenters. The summed E-state index contributed by atoms with van der Waals surface area (Å²) in [4.78, 5) is 0. The lowest BCUT2D eigenvalue weighted by Gasteiger charge is -2.15. The van der Waals surface area contributed by atoms with Crippen LogP contribution in [0.2, 0.25) is 0 Å². The lowest BCUT2D eigenvalue weighted by Crippen LogP contribution is -2.26. The van der Waals surface area contributed by atoms with Crippen molar-refractivity contribution in [1.82, 2.24) is 15.1 Å². The van der Waals surface area contributed by atoms with Crippen molar-refractivity contribution in [3.05, 3.63) is 17.5 Å². The lowest BCUT2D eigenvalue weighted by atomic mass is 10.0. The molecule has 2 fully saturated rings. The monoisotopic (exact) mass is 233 g/mol. The SMILES string of the molecule is CCn1nc(C)cc1CNCC1(C2CC2)CC1. The Balaban J connectivity index is 1.53.